The molecule has 1 N–H and O–H groups in total. The minimum absolute atomic E-state index is 0.0420. The molecule has 0 aliphatic carbocycles. The molecule has 0 saturated heterocycles. The summed E-state index contributed by atoms with van der Waals surface area (Å²) < 4.78 is 50.4. The molecule has 2 aromatic carbocycles. The third-order valence-electron chi connectivity index (χ3n) is 3.81. The summed E-state index contributed by atoms with van der Waals surface area (Å²) in [6.45, 7) is 1.40. The molecular formula is C18H21FN2O5S. The van der Waals surface area contributed by atoms with Crippen LogP contribution in [0.1, 0.15) is 6.92 Å². The van der Waals surface area contributed by atoms with E-state index in [-0.39, 0.29) is 23.9 Å². The molecule has 0 saturated carbocycles. The highest BCUT2D eigenvalue weighted by Crippen LogP contribution is 2.32. The lowest BCUT2D eigenvalue weighted by Crippen LogP contribution is -2.37. The van der Waals surface area contributed by atoms with E-state index in [0.717, 1.165) is 12.1 Å². The van der Waals surface area contributed by atoms with Gasteiger partial charge in [0.25, 0.3) is 0 Å². The Labute approximate surface area is 157 Å². The molecule has 0 aliphatic rings. The van der Waals surface area contributed by atoms with Crippen molar-refractivity contribution < 1.29 is 27.1 Å². The fraction of sp³-hybridized carbons (Fsp3) is 0.278. The zero-order valence-corrected chi connectivity index (χ0v) is 16.0. The van der Waals surface area contributed by atoms with Crippen LogP contribution >= 0.6 is 0 Å². The third kappa shape index (κ3) is 5.18. The van der Waals surface area contributed by atoms with E-state index in [1.165, 1.54) is 38.2 Å². The van der Waals surface area contributed by atoms with Crippen molar-refractivity contribution in [2.75, 3.05) is 32.2 Å². The van der Waals surface area contributed by atoms with Gasteiger partial charge in [-0.05, 0) is 36.4 Å². The number of anilines is 1. The normalized spacial score (nSPS) is 11.1. The SMILES string of the molecule is COc1ccc(OC)c(N(CCNS(=O)(=O)c2ccc(F)cc2)C(C)=O)c1. The molecule has 9 heteroatoms. The second-order valence-corrected chi connectivity index (χ2v) is 7.33. The van der Waals surface area contributed by atoms with Gasteiger partial charge >= 0.3 is 0 Å². The lowest BCUT2D eigenvalue weighted by atomic mass is 10.2. The second-order valence-electron chi connectivity index (χ2n) is 5.56. The molecular weight excluding hydrogens is 375 g/mol. The first-order valence-corrected chi connectivity index (χ1v) is 9.52. The van der Waals surface area contributed by atoms with E-state index >= 15 is 0 Å². The van der Waals surface area contributed by atoms with Gasteiger partial charge in [-0.3, -0.25) is 4.79 Å². The molecule has 0 fully saturated rings. The highest BCUT2D eigenvalue weighted by atomic mass is 32.2. The number of sulfonamides is 1. The molecule has 0 atom stereocenters. The van der Waals surface area contributed by atoms with Gasteiger partial charge < -0.3 is 14.4 Å². The molecule has 0 aliphatic heterocycles. The summed E-state index contributed by atoms with van der Waals surface area (Å²) in [7, 11) is -0.846. The number of methoxy groups -OCH3 is 2. The van der Waals surface area contributed by atoms with Gasteiger partial charge in [-0.15, -0.1) is 0 Å². The molecule has 2 aromatic rings. The van der Waals surface area contributed by atoms with Gasteiger partial charge in [-0.25, -0.2) is 17.5 Å². The number of carbonyl (C=O) groups excluding carboxylic acids is 1. The zero-order chi connectivity index (χ0) is 20.0. The Balaban J connectivity index is 2.16. The average molecular weight is 396 g/mol. The minimum atomic E-state index is -3.82. The predicted molar refractivity (Wildman–Crippen MR) is 99.2 cm³/mol. The van der Waals surface area contributed by atoms with Crippen LogP contribution < -0.4 is 19.1 Å². The highest BCUT2D eigenvalue weighted by molar-refractivity contribution is 7.89. The van der Waals surface area contributed by atoms with Gasteiger partial charge in [-0.1, -0.05) is 0 Å². The van der Waals surface area contributed by atoms with Crippen molar-refractivity contribution in [1.29, 1.82) is 0 Å². The first kappa shape index (κ1) is 20.7. The Kier molecular flexibility index (Phi) is 6.75. The Morgan fingerprint density at radius 2 is 1.78 bits per heavy atom. The van der Waals surface area contributed by atoms with Crippen LogP contribution in [-0.2, 0) is 14.8 Å². The van der Waals surface area contributed by atoms with E-state index in [2.05, 4.69) is 4.72 Å². The van der Waals surface area contributed by atoms with Gasteiger partial charge in [0.15, 0.2) is 0 Å². The van der Waals surface area contributed by atoms with Crippen LogP contribution in [0, 0.1) is 5.82 Å². The van der Waals surface area contributed by atoms with E-state index in [1.54, 1.807) is 18.2 Å². The molecule has 27 heavy (non-hydrogen) atoms. The molecule has 0 unspecified atom stereocenters. The van der Waals surface area contributed by atoms with Crippen LogP contribution in [0.2, 0.25) is 0 Å². The van der Waals surface area contributed by atoms with Crippen molar-refractivity contribution in [2.24, 2.45) is 0 Å². The molecule has 7 nitrogen and oxygen atoms in total. The van der Waals surface area contributed by atoms with Crippen LogP contribution in [0.4, 0.5) is 10.1 Å². The maximum absolute atomic E-state index is 13.0. The molecule has 0 aromatic heterocycles. The van der Waals surface area contributed by atoms with Gasteiger partial charge in [0.05, 0.1) is 24.8 Å². The number of hydrogen-bond acceptors (Lipinski definition) is 5. The van der Waals surface area contributed by atoms with Crippen molar-refractivity contribution in [3.63, 3.8) is 0 Å². The lowest BCUT2D eigenvalue weighted by molar-refractivity contribution is -0.116. The molecule has 0 radical (unpaired) electrons. The van der Waals surface area contributed by atoms with Crippen molar-refractivity contribution in [2.45, 2.75) is 11.8 Å². The summed E-state index contributed by atoms with van der Waals surface area (Å²) in [6.07, 6.45) is 0. The van der Waals surface area contributed by atoms with E-state index in [0.29, 0.717) is 17.2 Å². The third-order valence-corrected chi connectivity index (χ3v) is 5.29. The maximum atomic E-state index is 13.0. The summed E-state index contributed by atoms with van der Waals surface area (Å²) >= 11 is 0. The summed E-state index contributed by atoms with van der Waals surface area (Å²) in [5, 5.41) is 0. The molecule has 0 heterocycles. The topological polar surface area (TPSA) is 84.9 Å². The number of rotatable bonds is 8. The summed E-state index contributed by atoms with van der Waals surface area (Å²) in [5.74, 6) is 0.167. The van der Waals surface area contributed by atoms with E-state index in [4.69, 9.17) is 9.47 Å². The molecule has 0 spiro atoms. The van der Waals surface area contributed by atoms with Gasteiger partial charge in [0, 0.05) is 26.1 Å². The number of hydrogen-bond donors (Lipinski definition) is 1. The van der Waals surface area contributed by atoms with Crippen molar-refractivity contribution in [1.82, 2.24) is 4.72 Å². The number of benzene rings is 2. The average Bonchev–Trinajstić information content (AvgIpc) is 2.64. The second kappa shape index (κ2) is 8.83. The van der Waals surface area contributed by atoms with Crippen LogP contribution in [0.3, 0.4) is 0 Å². The molecule has 0 bridgehead atoms. The lowest BCUT2D eigenvalue weighted by Gasteiger charge is -2.24. The number of carbonyl (C=O) groups is 1. The molecule has 146 valence electrons. The van der Waals surface area contributed by atoms with Gasteiger partial charge in [0.2, 0.25) is 15.9 Å². The number of amides is 1. The first-order valence-electron chi connectivity index (χ1n) is 8.04. The fourth-order valence-corrected chi connectivity index (χ4v) is 3.47. The first-order chi connectivity index (χ1) is 12.8. The summed E-state index contributed by atoms with van der Waals surface area (Å²) in [6, 6.07) is 9.46. The van der Waals surface area contributed by atoms with Crippen molar-refractivity contribution >= 4 is 21.6 Å². The highest BCUT2D eigenvalue weighted by Gasteiger charge is 2.19. The Morgan fingerprint density at radius 1 is 1.11 bits per heavy atom. The largest absolute Gasteiger partial charge is 0.497 e. The van der Waals surface area contributed by atoms with Crippen molar-refractivity contribution in [3.8, 4) is 11.5 Å². The van der Waals surface area contributed by atoms with Crippen LogP contribution in [0.5, 0.6) is 11.5 Å². The van der Waals surface area contributed by atoms with Crippen LogP contribution in [-0.4, -0.2) is 41.6 Å². The Bertz CT molecular complexity index is 900. The quantitative estimate of drug-likeness (QED) is 0.739. The zero-order valence-electron chi connectivity index (χ0n) is 15.2. The fourth-order valence-electron chi connectivity index (χ4n) is 2.44. The molecule has 2 rings (SSSR count). The Hall–Kier alpha value is -2.65. The van der Waals surface area contributed by atoms with E-state index in [1.807, 2.05) is 0 Å². The monoisotopic (exact) mass is 396 g/mol. The number of nitrogens with one attached hydrogen (secondary N) is 1. The van der Waals surface area contributed by atoms with E-state index in [9.17, 15) is 17.6 Å². The standard InChI is InChI=1S/C18H21FN2O5S/c1-13(22)21(17-12-15(25-2)6-9-18(17)26-3)11-10-20-27(23,24)16-7-4-14(19)5-8-16/h4-9,12,20H,10-11H2,1-3H3. The number of ether oxygens (including phenoxy) is 2. The maximum Gasteiger partial charge on any atom is 0.240 e. The van der Waals surface area contributed by atoms with Crippen molar-refractivity contribution in [3.05, 3.63) is 48.3 Å². The predicted octanol–water partition coefficient (Wildman–Crippen LogP) is 2.17. The molecule has 1 amide bonds. The van der Waals surface area contributed by atoms with Gasteiger partial charge in [-0.2, -0.15) is 0 Å². The summed E-state index contributed by atoms with van der Waals surface area (Å²) in [5.41, 5.74) is 0.463. The number of nitrogens with zero attached hydrogens (tertiary/aromatic N) is 1. The Morgan fingerprint density at radius 3 is 2.33 bits per heavy atom. The van der Waals surface area contributed by atoms with Crippen LogP contribution in [0.15, 0.2) is 47.4 Å². The van der Waals surface area contributed by atoms with Gasteiger partial charge in [0.1, 0.15) is 17.3 Å². The van der Waals surface area contributed by atoms with Crippen LogP contribution in [0.25, 0.3) is 0 Å². The minimum Gasteiger partial charge on any atom is -0.497 e. The van der Waals surface area contributed by atoms with E-state index < -0.39 is 15.8 Å². The summed E-state index contributed by atoms with van der Waals surface area (Å²) in [4.78, 5) is 13.4. The number of halogens is 1. The smallest absolute Gasteiger partial charge is 0.240 e.